The number of hydrazone groups is 1. The van der Waals surface area contributed by atoms with Crippen LogP contribution in [0.3, 0.4) is 0 Å². The molecule has 1 fully saturated rings. The summed E-state index contributed by atoms with van der Waals surface area (Å²) in [5.74, 6) is 0.955. The van der Waals surface area contributed by atoms with Crippen LogP contribution < -0.4 is 5.43 Å². The van der Waals surface area contributed by atoms with Crippen molar-refractivity contribution in [2.24, 2.45) is 16.9 Å². The van der Waals surface area contributed by atoms with E-state index in [0.717, 1.165) is 18.6 Å². The molecule has 3 nitrogen and oxygen atoms in total. The van der Waals surface area contributed by atoms with Crippen LogP contribution in [-0.2, 0) is 0 Å². The fourth-order valence-electron chi connectivity index (χ4n) is 2.48. The van der Waals surface area contributed by atoms with Gasteiger partial charge in [0.05, 0.1) is 0 Å². The SMILES string of the molecule is O=C(N/N=C1/C[C@H]2C=CC[C@@H]12)c1cccc(Cl)c1. The highest BCUT2D eigenvalue weighted by molar-refractivity contribution is 6.30. The van der Waals surface area contributed by atoms with Gasteiger partial charge in [-0.3, -0.25) is 4.79 Å². The standard InChI is InChI=1S/C14H13ClN2O/c15-11-5-1-4-10(7-11)14(18)17-16-13-8-9-3-2-6-12(9)13/h1-5,7,9,12H,6,8H2,(H,17,18)/b16-13-/t9-,12-/m1/s1. The van der Waals surface area contributed by atoms with Crippen molar-refractivity contribution in [1.82, 2.24) is 5.43 Å². The Bertz CT molecular complexity index is 550. The second-order valence-electron chi connectivity index (χ2n) is 4.69. The Morgan fingerprint density at radius 2 is 2.33 bits per heavy atom. The van der Waals surface area contributed by atoms with Gasteiger partial charge < -0.3 is 0 Å². The molecule has 0 heterocycles. The lowest BCUT2D eigenvalue weighted by atomic mass is 9.74. The molecule has 0 aromatic heterocycles. The van der Waals surface area contributed by atoms with Crippen LogP contribution in [0.2, 0.25) is 5.02 Å². The van der Waals surface area contributed by atoms with Crippen molar-refractivity contribution in [3.8, 4) is 0 Å². The number of carbonyl (C=O) groups is 1. The number of allylic oxidation sites excluding steroid dienone is 2. The van der Waals surface area contributed by atoms with E-state index in [2.05, 4.69) is 22.7 Å². The molecule has 2 aliphatic carbocycles. The summed E-state index contributed by atoms with van der Waals surface area (Å²) in [6, 6.07) is 6.86. The van der Waals surface area contributed by atoms with Crippen molar-refractivity contribution in [1.29, 1.82) is 0 Å². The maximum absolute atomic E-state index is 11.8. The molecule has 3 rings (SSSR count). The fourth-order valence-corrected chi connectivity index (χ4v) is 2.67. The number of fused-ring (bicyclic) bond motifs is 1. The predicted molar refractivity (Wildman–Crippen MR) is 71.7 cm³/mol. The monoisotopic (exact) mass is 260 g/mol. The molecule has 1 aromatic carbocycles. The van der Waals surface area contributed by atoms with Crippen molar-refractivity contribution in [2.45, 2.75) is 12.8 Å². The third-order valence-electron chi connectivity index (χ3n) is 3.55. The molecule has 0 spiro atoms. The van der Waals surface area contributed by atoms with Crippen molar-refractivity contribution in [2.75, 3.05) is 0 Å². The van der Waals surface area contributed by atoms with Crippen LogP contribution >= 0.6 is 11.6 Å². The van der Waals surface area contributed by atoms with Gasteiger partial charge in [0, 0.05) is 22.2 Å². The van der Waals surface area contributed by atoms with Crippen LogP contribution in [0.15, 0.2) is 41.5 Å². The first kappa shape index (κ1) is 11.5. The van der Waals surface area contributed by atoms with E-state index in [1.54, 1.807) is 24.3 Å². The fraction of sp³-hybridized carbons (Fsp3) is 0.286. The third-order valence-corrected chi connectivity index (χ3v) is 3.79. The van der Waals surface area contributed by atoms with Gasteiger partial charge in [0.2, 0.25) is 0 Å². The van der Waals surface area contributed by atoms with Crippen molar-refractivity contribution in [3.63, 3.8) is 0 Å². The minimum absolute atomic E-state index is 0.209. The predicted octanol–water partition coefficient (Wildman–Crippen LogP) is 3.02. The molecule has 0 saturated heterocycles. The topological polar surface area (TPSA) is 41.5 Å². The van der Waals surface area contributed by atoms with Crippen LogP contribution in [0.1, 0.15) is 23.2 Å². The lowest BCUT2D eigenvalue weighted by molar-refractivity contribution is 0.0954. The maximum Gasteiger partial charge on any atom is 0.271 e. The molecule has 2 aliphatic rings. The Balaban J connectivity index is 1.64. The highest BCUT2D eigenvalue weighted by atomic mass is 35.5. The average molecular weight is 261 g/mol. The van der Waals surface area contributed by atoms with Crippen LogP contribution in [0.25, 0.3) is 0 Å². The molecule has 1 saturated carbocycles. The molecule has 4 heteroatoms. The molecule has 1 aromatic rings. The largest absolute Gasteiger partial charge is 0.271 e. The van der Waals surface area contributed by atoms with E-state index in [-0.39, 0.29) is 5.91 Å². The van der Waals surface area contributed by atoms with Gasteiger partial charge in [-0.15, -0.1) is 0 Å². The van der Waals surface area contributed by atoms with Crippen LogP contribution in [0, 0.1) is 11.8 Å². The number of hydrogen-bond acceptors (Lipinski definition) is 2. The minimum atomic E-state index is -0.209. The summed E-state index contributed by atoms with van der Waals surface area (Å²) in [5.41, 5.74) is 4.24. The first-order chi connectivity index (χ1) is 8.74. The van der Waals surface area contributed by atoms with Crippen molar-refractivity contribution < 1.29 is 4.79 Å². The number of rotatable bonds is 2. The van der Waals surface area contributed by atoms with E-state index >= 15 is 0 Å². The Hall–Kier alpha value is -1.61. The number of nitrogens with zero attached hydrogens (tertiary/aromatic N) is 1. The van der Waals surface area contributed by atoms with Gasteiger partial charge in [0.15, 0.2) is 0 Å². The van der Waals surface area contributed by atoms with Crippen molar-refractivity contribution in [3.05, 3.63) is 47.0 Å². The minimum Gasteiger partial charge on any atom is -0.267 e. The first-order valence-corrected chi connectivity index (χ1v) is 6.41. The zero-order valence-electron chi connectivity index (χ0n) is 9.77. The number of benzene rings is 1. The summed E-state index contributed by atoms with van der Waals surface area (Å²) in [6.45, 7) is 0. The normalized spacial score (nSPS) is 26.8. The summed E-state index contributed by atoms with van der Waals surface area (Å²) >= 11 is 5.84. The number of nitrogens with one attached hydrogen (secondary N) is 1. The van der Waals surface area contributed by atoms with Crippen LogP contribution in [0.5, 0.6) is 0 Å². The second kappa shape index (κ2) is 4.58. The molecule has 0 bridgehead atoms. The zero-order chi connectivity index (χ0) is 12.5. The highest BCUT2D eigenvalue weighted by Crippen LogP contribution is 2.40. The van der Waals surface area contributed by atoms with Gasteiger partial charge in [0.25, 0.3) is 5.91 Å². The van der Waals surface area contributed by atoms with E-state index in [4.69, 9.17) is 11.6 Å². The van der Waals surface area contributed by atoms with E-state index in [0.29, 0.717) is 22.4 Å². The van der Waals surface area contributed by atoms with Crippen LogP contribution in [-0.4, -0.2) is 11.6 Å². The molecule has 0 radical (unpaired) electrons. The molecular weight excluding hydrogens is 248 g/mol. The quantitative estimate of drug-likeness (QED) is 0.645. The lowest BCUT2D eigenvalue weighted by Gasteiger charge is -2.31. The summed E-state index contributed by atoms with van der Waals surface area (Å²) < 4.78 is 0. The zero-order valence-corrected chi connectivity index (χ0v) is 10.5. The summed E-state index contributed by atoms with van der Waals surface area (Å²) in [6.07, 6.45) is 6.45. The van der Waals surface area contributed by atoms with Crippen LogP contribution in [0.4, 0.5) is 0 Å². The summed E-state index contributed by atoms with van der Waals surface area (Å²) in [5, 5.41) is 4.77. The molecule has 0 unspecified atom stereocenters. The number of amides is 1. The van der Waals surface area contributed by atoms with Gasteiger partial charge in [-0.05, 0) is 37.0 Å². The molecular formula is C14H13ClN2O. The number of hydrogen-bond donors (Lipinski definition) is 1. The second-order valence-corrected chi connectivity index (χ2v) is 5.13. The number of halogens is 1. The van der Waals surface area contributed by atoms with E-state index in [1.807, 2.05) is 0 Å². The Labute approximate surface area is 111 Å². The molecule has 18 heavy (non-hydrogen) atoms. The molecule has 2 atom stereocenters. The molecule has 0 aliphatic heterocycles. The van der Waals surface area contributed by atoms with Gasteiger partial charge in [-0.2, -0.15) is 5.10 Å². The smallest absolute Gasteiger partial charge is 0.267 e. The van der Waals surface area contributed by atoms with Gasteiger partial charge in [-0.25, -0.2) is 5.43 Å². The van der Waals surface area contributed by atoms with E-state index < -0.39 is 0 Å². The van der Waals surface area contributed by atoms with Gasteiger partial charge in [-0.1, -0.05) is 29.8 Å². The van der Waals surface area contributed by atoms with E-state index in [9.17, 15) is 4.79 Å². The summed E-state index contributed by atoms with van der Waals surface area (Å²) in [7, 11) is 0. The Kier molecular flexibility index (Phi) is 2.92. The highest BCUT2D eigenvalue weighted by Gasteiger charge is 2.37. The Morgan fingerprint density at radius 1 is 1.44 bits per heavy atom. The molecule has 1 amide bonds. The lowest BCUT2D eigenvalue weighted by Crippen LogP contribution is -2.35. The van der Waals surface area contributed by atoms with E-state index in [1.165, 1.54) is 0 Å². The Morgan fingerprint density at radius 3 is 3.11 bits per heavy atom. The van der Waals surface area contributed by atoms with Gasteiger partial charge >= 0.3 is 0 Å². The molecule has 92 valence electrons. The average Bonchev–Trinajstić information content (AvgIpc) is 2.71. The summed E-state index contributed by atoms with van der Waals surface area (Å²) in [4.78, 5) is 11.8. The number of carbonyl (C=O) groups excluding carboxylic acids is 1. The first-order valence-electron chi connectivity index (χ1n) is 6.03. The van der Waals surface area contributed by atoms with Gasteiger partial charge in [0.1, 0.15) is 0 Å². The molecule has 1 N–H and O–H groups in total. The van der Waals surface area contributed by atoms with Crippen molar-refractivity contribution >= 4 is 23.2 Å². The third kappa shape index (κ3) is 2.06. The maximum atomic E-state index is 11.8.